The van der Waals surface area contributed by atoms with Gasteiger partial charge in [0.05, 0.1) is 13.5 Å². The number of rotatable bonds is 9. The first-order chi connectivity index (χ1) is 19.6. The number of ether oxygens (including phenoxy) is 1. The van der Waals surface area contributed by atoms with Crippen LogP contribution in [0.1, 0.15) is 53.7 Å². The highest BCUT2D eigenvalue weighted by atomic mass is 35.5. The topological polar surface area (TPSA) is 78.9 Å². The van der Waals surface area contributed by atoms with Gasteiger partial charge in [0.1, 0.15) is 5.75 Å². The molecule has 3 aromatic carbocycles. The number of halogens is 2. The quantitative estimate of drug-likeness (QED) is 0.273. The Morgan fingerprint density at radius 1 is 1.07 bits per heavy atom. The van der Waals surface area contributed by atoms with E-state index in [2.05, 4.69) is 53.5 Å². The summed E-state index contributed by atoms with van der Waals surface area (Å²) in [6, 6.07) is 20.5. The predicted molar refractivity (Wildman–Crippen MR) is 163 cm³/mol. The SMILES string of the molecule is COc1ccc2cc(C3CC(C4(C)C=C(Cl)C=C(Cl)C4)CN3Cc3ccc(C(=O)NCCC(=O)O)cc3)ccc2c1. The van der Waals surface area contributed by atoms with Crippen LogP contribution in [0.3, 0.4) is 0 Å². The lowest BCUT2D eigenvalue weighted by molar-refractivity contribution is -0.136. The van der Waals surface area contributed by atoms with Crippen molar-refractivity contribution < 1.29 is 19.4 Å². The number of carboxylic acid groups (broad SMARTS) is 1. The summed E-state index contributed by atoms with van der Waals surface area (Å²) in [5.74, 6) is -0.0351. The molecule has 41 heavy (non-hydrogen) atoms. The summed E-state index contributed by atoms with van der Waals surface area (Å²) in [4.78, 5) is 25.7. The number of carboxylic acids is 1. The van der Waals surface area contributed by atoms with Gasteiger partial charge in [-0.25, -0.2) is 0 Å². The summed E-state index contributed by atoms with van der Waals surface area (Å²) in [7, 11) is 1.68. The molecule has 0 saturated carbocycles. The number of nitrogens with zero attached hydrogens (tertiary/aromatic N) is 1. The highest BCUT2D eigenvalue weighted by Crippen LogP contribution is 2.50. The number of fused-ring (bicyclic) bond motifs is 1. The second kappa shape index (κ2) is 12.3. The Balaban J connectivity index is 1.39. The van der Waals surface area contributed by atoms with Gasteiger partial charge in [-0.05, 0) is 82.5 Å². The number of benzene rings is 3. The molecule has 214 valence electrons. The summed E-state index contributed by atoms with van der Waals surface area (Å²) in [6.45, 7) is 3.95. The zero-order valence-electron chi connectivity index (χ0n) is 23.2. The van der Waals surface area contributed by atoms with Gasteiger partial charge in [-0.2, -0.15) is 0 Å². The molecule has 1 saturated heterocycles. The van der Waals surface area contributed by atoms with Gasteiger partial charge in [-0.15, -0.1) is 0 Å². The molecule has 0 bridgehead atoms. The highest BCUT2D eigenvalue weighted by molar-refractivity contribution is 6.35. The van der Waals surface area contributed by atoms with E-state index >= 15 is 0 Å². The Morgan fingerprint density at radius 2 is 1.80 bits per heavy atom. The molecule has 1 heterocycles. The van der Waals surface area contributed by atoms with Crippen molar-refractivity contribution in [2.75, 3.05) is 20.2 Å². The van der Waals surface area contributed by atoms with Crippen molar-refractivity contribution in [3.8, 4) is 5.75 Å². The summed E-state index contributed by atoms with van der Waals surface area (Å²) < 4.78 is 5.41. The van der Waals surface area contributed by atoms with Gasteiger partial charge in [0.15, 0.2) is 0 Å². The zero-order valence-corrected chi connectivity index (χ0v) is 24.7. The Labute approximate surface area is 250 Å². The Hall–Kier alpha value is -3.32. The van der Waals surface area contributed by atoms with Crippen LogP contribution in [-0.2, 0) is 11.3 Å². The van der Waals surface area contributed by atoms with E-state index < -0.39 is 5.97 Å². The third-order valence-corrected chi connectivity index (χ3v) is 8.79. The fraction of sp³-hybridized carbons (Fsp3) is 0.333. The fourth-order valence-electron chi connectivity index (χ4n) is 6.09. The van der Waals surface area contributed by atoms with E-state index in [1.165, 1.54) is 10.9 Å². The largest absolute Gasteiger partial charge is 0.497 e. The Morgan fingerprint density at radius 3 is 2.51 bits per heavy atom. The van der Waals surface area contributed by atoms with Crippen LogP contribution in [0.15, 0.2) is 82.9 Å². The molecule has 2 N–H and O–H groups in total. The number of allylic oxidation sites excluding steroid dienone is 4. The van der Waals surface area contributed by atoms with Gasteiger partial charge >= 0.3 is 5.97 Å². The standard InChI is InChI=1S/C33H34Cl2N2O4/c1-33(17-27(34)16-28(35)18-33)26-15-30(25-8-7-24-14-29(41-2)10-9-23(24)13-25)37(20-26)19-21-3-5-22(6-4-21)32(40)36-12-11-31(38)39/h3-10,13-14,16-17,26,30H,11-12,15,18-20H2,1-2H3,(H,36,40)(H,38,39). The first-order valence-corrected chi connectivity index (χ1v) is 14.5. The molecule has 8 heteroatoms. The molecular weight excluding hydrogens is 559 g/mol. The number of nitrogens with one attached hydrogen (secondary N) is 1. The van der Waals surface area contributed by atoms with Crippen molar-refractivity contribution in [3.63, 3.8) is 0 Å². The minimum Gasteiger partial charge on any atom is -0.497 e. The average Bonchev–Trinajstić information content (AvgIpc) is 3.36. The molecule has 1 fully saturated rings. The number of aliphatic carboxylic acids is 1. The average molecular weight is 594 g/mol. The Bertz CT molecular complexity index is 1520. The van der Waals surface area contributed by atoms with E-state index in [-0.39, 0.29) is 30.3 Å². The second-order valence-corrected chi connectivity index (χ2v) is 12.2. The molecule has 3 unspecified atom stereocenters. The molecule has 1 aliphatic heterocycles. The lowest BCUT2D eigenvalue weighted by atomic mass is 9.71. The number of likely N-dealkylation sites (tertiary alicyclic amines) is 1. The van der Waals surface area contributed by atoms with E-state index in [9.17, 15) is 9.59 Å². The summed E-state index contributed by atoms with van der Waals surface area (Å²) >= 11 is 13.0. The van der Waals surface area contributed by atoms with Crippen LogP contribution in [0.4, 0.5) is 0 Å². The minimum absolute atomic E-state index is 0.0989. The van der Waals surface area contributed by atoms with Gasteiger partial charge in [0, 0.05) is 41.3 Å². The molecule has 1 aliphatic carbocycles. The van der Waals surface area contributed by atoms with Crippen LogP contribution >= 0.6 is 23.2 Å². The fourth-order valence-corrected chi connectivity index (χ4v) is 6.94. The van der Waals surface area contributed by atoms with Crippen LogP contribution in [0.2, 0.25) is 0 Å². The molecule has 5 rings (SSSR count). The normalized spacial score (nSPS) is 22.7. The molecule has 6 nitrogen and oxygen atoms in total. The van der Waals surface area contributed by atoms with Gasteiger partial charge in [0.25, 0.3) is 5.91 Å². The van der Waals surface area contributed by atoms with Gasteiger partial charge in [-0.3, -0.25) is 14.5 Å². The first kappa shape index (κ1) is 29.2. The van der Waals surface area contributed by atoms with E-state index in [0.29, 0.717) is 16.5 Å². The molecular formula is C33H34Cl2N2O4. The van der Waals surface area contributed by atoms with Crippen molar-refractivity contribution in [2.24, 2.45) is 11.3 Å². The van der Waals surface area contributed by atoms with Crippen LogP contribution in [0.25, 0.3) is 10.8 Å². The molecule has 1 amide bonds. The van der Waals surface area contributed by atoms with Crippen molar-refractivity contribution in [3.05, 3.63) is 99.6 Å². The van der Waals surface area contributed by atoms with Gasteiger partial charge < -0.3 is 15.2 Å². The van der Waals surface area contributed by atoms with Crippen LogP contribution < -0.4 is 10.1 Å². The van der Waals surface area contributed by atoms with Crippen LogP contribution in [-0.4, -0.2) is 42.1 Å². The number of hydrogen-bond donors (Lipinski definition) is 2. The summed E-state index contributed by atoms with van der Waals surface area (Å²) in [5.41, 5.74) is 2.72. The lowest BCUT2D eigenvalue weighted by Crippen LogP contribution is -2.30. The predicted octanol–water partition coefficient (Wildman–Crippen LogP) is 7.27. The number of hydrogen-bond acceptors (Lipinski definition) is 4. The maximum absolute atomic E-state index is 12.4. The number of carbonyl (C=O) groups is 2. The lowest BCUT2D eigenvalue weighted by Gasteiger charge is -2.35. The summed E-state index contributed by atoms with van der Waals surface area (Å²) in [5, 5.41) is 15.2. The molecule has 0 aromatic heterocycles. The van der Waals surface area contributed by atoms with E-state index in [4.69, 9.17) is 33.0 Å². The number of amides is 1. The van der Waals surface area contributed by atoms with E-state index in [1.807, 2.05) is 24.3 Å². The van der Waals surface area contributed by atoms with E-state index in [0.717, 1.165) is 47.7 Å². The van der Waals surface area contributed by atoms with Gasteiger partial charge in [-0.1, -0.05) is 66.5 Å². The maximum Gasteiger partial charge on any atom is 0.305 e. The third-order valence-electron chi connectivity index (χ3n) is 8.33. The molecule has 0 radical (unpaired) electrons. The second-order valence-electron chi connectivity index (χ2n) is 11.2. The molecule has 3 atom stereocenters. The maximum atomic E-state index is 12.4. The molecule has 0 spiro atoms. The summed E-state index contributed by atoms with van der Waals surface area (Å²) in [6.07, 6.45) is 5.62. The van der Waals surface area contributed by atoms with Crippen molar-refractivity contribution >= 4 is 45.9 Å². The number of carbonyl (C=O) groups excluding carboxylic acids is 1. The minimum atomic E-state index is -0.941. The van der Waals surface area contributed by atoms with Crippen molar-refractivity contribution in [1.82, 2.24) is 10.2 Å². The first-order valence-electron chi connectivity index (χ1n) is 13.8. The van der Waals surface area contributed by atoms with Crippen molar-refractivity contribution in [1.29, 1.82) is 0 Å². The monoisotopic (exact) mass is 592 g/mol. The van der Waals surface area contributed by atoms with Crippen molar-refractivity contribution in [2.45, 2.75) is 38.8 Å². The number of methoxy groups -OCH3 is 1. The van der Waals surface area contributed by atoms with Crippen LogP contribution in [0.5, 0.6) is 5.75 Å². The van der Waals surface area contributed by atoms with Gasteiger partial charge in [0.2, 0.25) is 0 Å². The third kappa shape index (κ3) is 6.78. The highest BCUT2D eigenvalue weighted by Gasteiger charge is 2.43. The van der Waals surface area contributed by atoms with Crippen LogP contribution in [0, 0.1) is 11.3 Å². The van der Waals surface area contributed by atoms with E-state index in [1.54, 1.807) is 19.2 Å². The molecule has 2 aliphatic rings. The smallest absolute Gasteiger partial charge is 0.305 e. The zero-order chi connectivity index (χ0) is 29.1. The molecule has 3 aromatic rings. The Kier molecular flexibility index (Phi) is 8.74.